The number of imidazole rings is 1. The highest BCUT2D eigenvalue weighted by atomic mass is 16.5. The van der Waals surface area contributed by atoms with E-state index in [1.165, 1.54) is 11.1 Å². The SMILES string of the molecule is CCOc1ccccc1Cn1cnc(-c2ccc(C)cc2C)c1CN. The number of hydrogen-bond acceptors (Lipinski definition) is 3. The molecule has 2 N–H and O–H groups in total. The first-order chi connectivity index (χ1) is 12.1. The third-order valence-corrected chi connectivity index (χ3v) is 4.39. The van der Waals surface area contributed by atoms with Crippen LogP contribution in [-0.4, -0.2) is 16.2 Å². The molecule has 0 spiro atoms. The van der Waals surface area contributed by atoms with Crippen molar-refractivity contribution in [3.05, 3.63) is 71.2 Å². The van der Waals surface area contributed by atoms with Gasteiger partial charge in [0.2, 0.25) is 0 Å². The number of hydrogen-bond donors (Lipinski definition) is 1. The number of aryl methyl sites for hydroxylation is 2. The van der Waals surface area contributed by atoms with Gasteiger partial charge in [-0.05, 0) is 32.4 Å². The summed E-state index contributed by atoms with van der Waals surface area (Å²) in [6, 6.07) is 14.5. The zero-order chi connectivity index (χ0) is 17.8. The standard InChI is InChI=1S/C21H25N3O/c1-4-25-20-8-6-5-7-17(20)13-24-14-23-21(19(24)12-22)18-10-9-15(2)11-16(18)3/h5-11,14H,4,12-13,22H2,1-3H3. The van der Waals surface area contributed by atoms with Crippen LogP contribution in [-0.2, 0) is 13.1 Å². The quantitative estimate of drug-likeness (QED) is 0.739. The average molecular weight is 335 g/mol. The summed E-state index contributed by atoms with van der Waals surface area (Å²) < 4.78 is 7.86. The second-order valence-electron chi connectivity index (χ2n) is 6.23. The number of para-hydroxylation sites is 1. The summed E-state index contributed by atoms with van der Waals surface area (Å²) in [6.07, 6.45) is 1.87. The third-order valence-electron chi connectivity index (χ3n) is 4.39. The Kier molecular flexibility index (Phi) is 5.19. The fourth-order valence-corrected chi connectivity index (χ4v) is 3.18. The first-order valence-corrected chi connectivity index (χ1v) is 8.66. The molecule has 0 fully saturated rings. The van der Waals surface area contributed by atoms with Crippen molar-refractivity contribution in [3.8, 4) is 17.0 Å². The van der Waals surface area contributed by atoms with Gasteiger partial charge < -0.3 is 15.0 Å². The van der Waals surface area contributed by atoms with Gasteiger partial charge in [-0.3, -0.25) is 0 Å². The lowest BCUT2D eigenvalue weighted by Gasteiger charge is -2.13. The van der Waals surface area contributed by atoms with Crippen LogP contribution in [0, 0.1) is 13.8 Å². The Morgan fingerprint density at radius 1 is 1.12 bits per heavy atom. The van der Waals surface area contributed by atoms with Crippen molar-refractivity contribution in [3.63, 3.8) is 0 Å². The minimum atomic E-state index is 0.444. The Hall–Kier alpha value is -2.59. The van der Waals surface area contributed by atoms with E-state index < -0.39 is 0 Å². The first-order valence-electron chi connectivity index (χ1n) is 8.66. The van der Waals surface area contributed by atoms with Crippen LogP contribution < -0.4 is 10.5 Å². The molecule has 4 heteroatoms. The first kappa shape index (κ1) is 17.2. The summed E-state index contributed by atoms with van der Waals surface area (Å²) in [5.74, 6) is 0.912. The molecule has 0 unspecified atom stereocenters. The second-order valence-corrected chi connectivity index (χ2v) is 6.23. The van der Waals surface area contributed by atoms with Crippen molar-refractivity contribution >= 4 is 0 Å². The van der Waals surface area contributed by atoms with Crippen molar-refractivity contribution in [2.24, 2.45) is 5.73 Å². The Morgan fingerprint density at radius 3 is 2.64 bits per heavy atom. The van der Waals surface area contributed by atoms with Gasteiger partial charge in [0.05, 0.1) is 30.9 Å². The predicted molar refractivity (Wildman–Crippen MR) is 102 cm³/mol. The fourth-order valence-electron chi connectivity index (χ4n) is 3.18. The Labute approximate surface area is 149 Å². The summed E-state index contributed by atoms with van der Waals surface area (Å²) in [5, 5.41) is 0. The molecule has 3 rings (SSSR count). The van der Waals surface area contributed by atoms with Gasteiger partial charge in [0.15, 0.2) is 0 Å². The van der Waals surface area contributed by atoms with Crippen LogP contribution in [0.1, 0.15) is 29.3 Å². The van der Waals surface area contributed by atoms with Crippen molar-refractivity contribution in [1.29, 1.82) is 0 Å². The van der Waals surface area contributed by atoms with E-state index in [-0.39, 0.29) is 0 Å². The molecule has 4 nitrogen and oxygen atoms in total. The van der Waals surface area contributed by atoms with E-state index in [4.69, 9.17) is 10.5 Å². The van der Waals surface area contributed by atoms with Crippen LogP contribution in [0.4, 0.5) is 0 Å². The van der Waals surface area contributed by atoms with Gasteiger partial charge in [-0.1, -0.05) is 42.0 Å². The van der Waals surface area contributed by atoms with E-state index in [2.05, 4.69) is 47.7 Å². The van der Waals surface area contributed by atoms with Gasteiger partial charge in [-0.25, -0.2) is 4.98 Å². The molecule has 0 bridgehead atoms. The van der Waals surface area contributed by atoms with E-state index >= 15 is 0 Å². The Bertz CT molecular complexity index is 867. The zero-order valence-electron chi connectivity index (χ0n) is 15.1. The molecule has 0 aliphatic carbocycles. The summed E-state index contributed by atoms with van der Waals surface area (Å²) in [6.45, 7) is 8.01. The summed E-state index contributed by atoms with van der Waals surface area (Å²) in [4.78, 5) is 4.66. The third kappa shape index (κ3) is 3.59. The molecular formula is C21H25N3O. The normalized spacial score (nSPS) is 10.9. The maximum Gasteiger partial charge on any atom is 0.124 e. The number of nitrogens with zero attached hydrogens (tertiary/aromatic N) is 2. The monoisotopic (exact) mass is 335 g/mol. The van der Waals surface area contributed by atoms with Crippen LogP contribution in [0.5, 0.6) is 5.75 Å². The topological polar surface area (TPSA) is 53.1 Å². The van der Waals surface area contributed by atoms with Crippen molar-refractivity contribution in [2.75, 3.05) is 6.61 Å². The van der Waals surface area contributed by atoms with Gasteiger partial charge >= 0.3 is 0 Å². The summed E-state index contributed by atoms with van der Waals surface area (Å²) in [5.41, 5.74) is 12.8. The molecule has 0 saturated heterocycles. The highest BCUT2D eigenvalue weighted by Gasteiger charge is 2.15. The van der Waals surface area contributed by atoms with Crippen LogP contribution in [0.15, 0.2) is 48.8 Å². The molecule has 3 aromatic rings. The lowest BCUT2D eigenvalue weighted by molar-refractivity contribution is 0.335. The molecule has 0 amide bonds. The van der Waals surface area contributed by atoms with Crippen molar-refractivity contribution in [2.45, 2.75) is 33.9 Å². The van der Waals surface area contributed by atoms with E-state index in [1.807, 2.05) is 31.5 Å². The zero-order valence-corrected chi connectivity index (χ0v) is 15.1. The molecule has 25 heavy (non-hydrogen) atoms. The molecule has 1 heterocycles. The number of nitrogens with two attached hydrogens (primary N) is 1. The van der Waals surface area contributed by atoms with Crippen LogP contribution >= 0.6 is 0 Å². The molecule has 0 radical (unpaired) electrons. The van der Waals surface area contributed by atoms with E-state index in [0.717, 1.165) is 28.3 Å². The Balaban J connectivity index is 1.98. The van der Waals surface area contributed by atoms with Gasteiger partial charge in [0.1, 0.15) is 5.75 Å². The summed E-state index contributed by atoms with van der Waals surface area (Å²) in [7, 11) is 0. The number of benzene rings is 2. The molecule has 0 aliphatic rings. The highest BCUT2D eigenvalue weighted by molar-refractivity contribution is 5.66. The predicted octanol–water partition coefficient (Wildman–Crippen LogP) is 4.07. The highest BCUT2D eigenvalue weighted by Crippen LogP contribution is 2.28. The molecule has 2 aromatic carbocycles. The minimum Gasteiger partial charge on any atom is -0.494 e. The molecular weight excluding hydrogens is 310 g/mol. The molecule has 1 aromatic heterocycles. The van der Waals surface area contributed by atoms with Crippen LogP contribution in [0.2, 0.25) is 0 Å². The maximum atomic E-state index is 6.07. The van der Waals surface area contributed by atoms with E-state index in [1.54, 1.807) is 0 Å². The largest absolute Gasteiger partial charge is 0.494 e. The van der Waals surface area contributed by atoms with Gasteiger partial charge in [-0.15, -0.1) is 0 Å². The number of aromatic nitrogens is 2. The van der Waals surface area contributed by atoms with Crippen LogP contribution in [0.3, 0.4) is 0 Å². The summed E-state index contributed by atoms with van der Waals surface area (Å²) >= 11 is 0. The number of ether oxygens (including phenoxy) is 1. The molecule has 0 saturated carbocycles. The molecule has 130 valence electrons. The fraction of sp³-hybridized carbons (Fsp3) is 0.286. The Morgan fingerprint density at radius 2 is 1.92 bits per heavy atom. The van der Waals surface area contributed by atoms with Crippen molar-refractivity contribution in [1.82, 2.24) is 9.55 Å². The lowest BCUT2D eigenvalue weighted by atomic mass is 10.0. The lowest BCUT2D eigenvalue weighted by Crippen LogP contribution is -2.10. The molecule has 0 aliphatic heterocycles. The van der Waals surface area contributed by atoms with E-state index in [0.29, 0.717) is 19.7 Å². The van der Waals surface area contributed by atoms with Gasteiger partial charge in [-0.2, -0.15) is 0 Å². The van der Waals surface area contributed by atoms with Crippen LogP contribution in [0.25, 0.3) is 11.3 Å². The minimum absolute atomic E-state index is 0.444. The second kappa shape index (κ2) is 7.53. The maximum absolute atomic E-state index is 6.07. The smallest absolute Gasteiger partial charge is 0.124 e. The molecule has 0 atom stereocenters. The average Bonchev–Trinajstić information content (AvgIpc) is 2.99. The number of rotatable bonds is 6. The van der Waals surface area contributed by atoms with Gasteiger partial charge in [0.25, 0.3) is 0 Å². The van der Waals surface area contributed by atoms with E-state index in [9.17, 15) is 0 Å². The van der Waals surface area contributed by atoms with Gasteiger partial charge in [0, 0.05) is 17.7 Å². The van der Waals surface area contributed by atoms with Crippen molar-refractivity contribution < 1.29 is 4.74 Å².